The standard InChI is InChI=1S/C30H32O8/c1-18-7-6-10-21(31)9-5-3-4-8-20-16-25-28(29(34-2)27(20)30(33)37-18)22(17-26(32)38-25)19-11-12-23-24(15-19)36-14-13-35-23/h4,8,11-12,15-16,18,22H,3,5-7,9-10,13-14,17H2,1-2H3/t18-,22-/m1/s1. The van der Waals surface area contributed by atoms with Crippen LogP contribution in [0.15, 0.2) is 30.3 Å². The number of hydrogen-bond acceptors (Lipinski definition) is 8. The summed E-state index contributed by atoms with van der Waals surface area (Å²) in [6.07, 6.45) is 7.11. The van der Waals surface area contributed by atoms with Crippen molar-refractivity contribution in [1.29, 1.82) is 0 Å². The average Bonchev–Trinajstić information content (AvgIpc) is 2.90. The van der Waals surface area contributed by atoms with E-state index in [0.29, 0.717) is 85.0 Å². The highest BCUT2D eigenvalue weighted by Crippen LogP contribution is 2.48. The van der Waals surface area contributed by atoms with E-state index in [1.807, 2.05) is 37.3 Å². The number of carbonyl (C=O) groups excluding carboxylic acids is 3. The van der Waals surface area contributed by atoms with Gasteiger partial charge in [0.1, 0.15) is 36.1 Å². The maximum Gasteiger partial charge on any atom is 0.342 e. The highest BCUT2D eigenvalue weighted by Gasteiger charge is 2.36. The van der Waals surface area contributed by atoms with Gasteiger partial charge in [-0.1, -0.05) is 18.2 Å². The number of fused-ring (bicyclic) bond motifs is 3. The summed E-state index contributed by atoms with van der Waals surface area (Å²) in [6.45, 7) is 2.75. The minimum absolute atomic E-state index is 0.0805. The average molecular weight is 521 g/mol. The van der Waals surface area contributed by atoms with Gasteiger partial charge in [0, 0.05) is 24.3 Å². The summed E-state index contributed by atoms with van der Waals surface area (Å²) in [7, 11) is 1.50. The summed E-state index contributed by atoms with van der Waals surface area (Å²) in [5.41, 5.74) is 2.28. The third kappa shape index (κ3) is 5.39. The Morgan fingerprint density at radius 1 is 0.947 bits per heavy atom. The Kier molecular flexibility index (Phi) is 7.67. The van der Waals surface area contributed by atoms with Crippen LogP contribution >= 0.6 is 0 Å². The summed E-state index contributed by atoms with van der Waals surface area (Å²) in [5.74, 6) is 0.850. The normalized spacial score (nSPS) is 21.9. The number of allylic oxidation sites excluding steroid dienone is 1. The molecule has 2 atom stereocenters. The quantitative estimate of drug-likeness (QED) is 0.384. The second-order valence-electron chi connectivity index (χ2n) is 9.86. The fourth-order valence-electron chi connectivity index (χ4n) is 5.27. The first-order valence-corrected chi connectivity index (χ1v) is 13.2. The minimum Gasteiger partial charge on any atom is -0.495 e. The van der Waals surface area contributed by atoms with Crippen molar-refractivity contribution in [2.24, 2.45) is 0 Å². The monoisotopic (exact) mass is 520 g/mol. The van der Waals surface area contributed by atoms with E-state index in [0.717, 1.165) is 12.0 Å². The molecule has 0 fully saturated rings. The highest BCUT2D eigenvalue weighted by atomic mass is 16.6. The van der Waals surface area contributed by atoms with E-state index in [4.69, 9.17) is 23.7 Å². The van der Waals surface area contributed by atoms with Crippen molar-refractivity contribution < 1.29 is 38.1 Å². The molecule has 200 valence electrons. The fraction of sp³-hybridized carbons (Fsp3) is 0.433. The van der Waals surface area contributed by atoms with Crippen molar-refractivity contribution in [3.8, 4) is 23.0 Å². The Morgan fingerprint density at radius 2 is 1.74 bits per heavy atom. The van der Waals surface area contributed by atoms with Crippen molar-refractivity contribution in [2.45, 2.75) is 63.9 Å². The van der Waals surface area contributed by atoms with Gasteiger partial charge in [-0.05, 0) is 61.9 Å². The smallest absolute Gasteiger partial charge is 0.342 e. The lowest BCUT2D eigenvalue weighted by Crippen LogP contribution is -2.24. The zero-order chi connectivity index (χ0) is 26.6. The van der Waals surface area contributed by atoms with Crippen molar-refractivity contribution in [1.82, 2.24) is 0 Å². The molecule has 38 heavy (non-hydrogen) atoms. The number of carbonyl (C=O) groups is 3. The maximum absolute atomic E-state index is 13.6. The van der Waals surface area contributed by atoms with Crippen LogP contribution in [0.5, 0.6) is 23.0 Å². The first kappa shape index (κ1) is 25.8. The van der Waals surface area contributed by atoms with E-state index in [1.54, 1.807) is 6.07 Å². The second kappa shape index (κ2) is 11.3. The first-order valence-electron chi connectivity index (χ1n) is 13.2. The summed E-state index contributed by atoms with van der Waals surface area (Å²) < 4.78 is 28.8. The number of cyclic esters (lactones) is 1. The van der Waals surface area contributed by atoms with Gasteiger partial charge in [0.15, 0.2) is 11.5 Å². The lowest BCUT2D eigenvalue weighted by atomic mass is 9.83. The third-order valence-corrected chi connectivity index (χ3v) is 7.13. The molecule has 3 aliphatic rings. The molecule has 0 N–H and O–H groups in total. The molecule has 8 nitrogen and oxygen atoms in total. The van der Waals surface area contributed by atoms with Gasteiger partial charge < -0.3 is 23.7 Å². The molecule has 8 heteroatoms. The van der Waals surface area contributed by atoms with Gasteiger partial charge in [0.05, 0.1) is 19.6 Å². The van der Waals surface area contributed by atoms with Crippen LogP contribution in [0.25, 0.3) is 6.08 Å². The molecular weight excluding hydrogens is 488 g/mol. The Morgan fingerprint density at radius 3 is 2.55 bits per heavy atom. The second-order valence-corrected chi connectivity index (χ2v) is 9.86. The van der Waals surface area contributed by atoms with Crippen LogP contribution in [0.4, 0.5) is 0 Å². The zero-order valence-electron chi connectivity index (χ0n) is 21.7. The van der Waals surface area contributed by atoms with E-state index in [1.165, 1.54) is 7.11 Å². The maximum atomic E-state index is 13.6. The van der Waals surface area contributed by atoms with Crippen LogP contribution in [-0.2, 0) is 14.3 Å². The summed E-state index contributed by atoms with van der Waals surface area (Å²) >= 11 is 0. The fourth-order valence-corrected chi connectivity index (χ4v) is 5.27. The topological polar surface area (TPSA) is 97.4 Å². The molecule has 3 heterocycles. The molecule has 0 spiro atoms. The molecule has 2 aromatic rings. The Bertz CT molecular complexity index is 1280. The molecular formula is C30H32O8. The van der Waals surface area contributed by atoms with Crippen LogP contribution in [0, 0.1) is 0 Å². The number of Topliss-reactive ketones (excluding diaryl/α,β-unsaturated/α-hetero) is 1. The molecule has 0 amide bonds. The van der Waals surface area contributed by atoms with Gasteiger partial charge in [-0.15, -0.1) is 0 Å². The molecule has 0 saturated heterocycles. The van der Waals surface area contributed by atoms with E-state index in [-0.39, 0.29) is 24.3 Å². The minimum atomic E-state index is -0.516. The van der Waals surface area contributed by atoms with Gasteiger partial charge in [0.2, 0.25) is 0 Å². The van der Waals surface area contributed by atoms with Crippen LogP contribution < -0.4 is 18.9 Å². The number of esters is 2. The van der Waals surface area contributed by atoms with Crippen LogP contribution in [0.2, 0.25) is 0 Å². The largest absolute Gasteiger partial charge is 0.495 e. The van der Waals surface area contributed by atoms with Crippen LogP contribution in [0.3, 0.4) is 0 Å². The molecule has 0 bridgehead atoms. The van der Waals surface area contributed by atoms with Gasteiger partial charge in [-0.25, -0.2) is 4.79 Å². The predicted molar refractivity (Wildman–Crippen MR) is 139 cm³/mol. The molecule has 0 aromatic heterocycles. The molecule has 0 saturated carbocycles. The number of ether oxygens (including phenoxy) is 5. The Hall–Kier alpha value is -3.81. The Labute approximate surface area is 221 Å². The third-order valence-electron chi connectivity index (χ3n) is 7.13. The molecule has 0 radical (unpaired) electrons. The van der Waals surface area contributed by atoms with E-state index >= 15 is 0 Å². The molecule has 5 rings (SSSR count). The van der Waals surface area contributed by atoms with Crippen molar-refractivity contribution in [3.63, 3.8) is 0 Å². The lowest BCUT2D eigenvalue weighted by molar-refractivity contribution is -0.135. The van der Waals surface area contributed by atoms with Gasteiger partial charge in [-0.3, -0.25) is 9.59 Å². The molecule has 0 unspecified atom stereocenters. The summed E-state index contributed by atoms with van der Waals surface area (Å²) in [6, 6.07) is 7.30. The van der Waals surface area contributed by atoms with Gasteiger partial charge >= 0.3 is 11.9 Å². The lowest BCUT2D eigenvalue weighted by Gasteiger charge is -2.29. The van der Waals surface area contributed by atoms with Crippen molar-refractivity contribution >= 4 is 23.8 Å². The number of hydrogen-bond donors (Lipinski definition) is 0. The Balaban J connectivity index is 1.62. The van der Waals surface area contributed by atoms with E-state index in [2.05, 4.69) is 0 Å². The predicted octanol–water partition coefficient (Wildman–Crippen LogP) is 5.39. The first-order chi connectivity index (χ1) is 18.4. The van der Waals surface area contributed by atoms with E-state index in [9.17, 15) is 14.4 Å². The number of benzene rings is 2. The highest BCUT2D eigenvalue weighted by molar-refractivity contribution is 5.99. The molecule has 2 aromatic carbocycles. The number of rotatable bonds is 2. The van der Waals surface area contributed by atoms with Gasteiger partial charge in [-0.2, -0.15) is 0 Å². The van der Waals surface area contributed by atoms with Gasteiger partial charge in [0.25, 0.3) is 0 Å². The van der Waals surface area contributed by atoms with Crippen molar-refractivity contribution in [2.75, 3.05) is 20.3 Å². The SMILES string of the molecule is COc1c2c(cc3c1[C@@H](c1ccc4c(c1)OCCO4)CC(=O)O3)C=CCCCC(=O)CCC[C@@H](C)OC2=O. The summed E-state index contributed by atoms with van der Waals surface area (Å²) in [5, 5.41) is 0. The number of ketones is 1. The van der Waals surface area contributed by atoms with Crippen LogP contribution in [0.1, 0.15) is 84.8 Å². The molecule has 0 aliphatic carbocycles. The summed E-state index contributed by atoms with van der Waals surface area (Å²) in [4.78, 5) is 38.4. The molecule has 3 aliphatic heterocycles. The van der Waals surface area contributed by atoms with E-state index < -0.39 is 11.9 Å². The van der Waals surface area contributed by atoms with Crippen molar-refractivity contribution in [3.05, 3.63) is 52.6 Å². The zero-order valence-corrected chi connectivity index (χ0v) is 21.7. The van der Waals surface area contributed by atoms with Crippen LogP contribution in [-0.4, -0.2) is 44.1 Å². The number of methoxy groups -OCH3 is 1.